The largest absolute Gasteiger partial charge is 0.494 e. The number of hydrogen-bond acceptors (Lipinski definition) is 4. The number of carbonyl (C=O) groups is 1. The van der Waals surface area contributed by atoms with Crippen molar-refractivity contribution in [3.05, 3.63) is 54.1 Å². The van der Waals surface area contributed by atoms with Crippen LogP contribution in [0.1, 0.15) is 18.1 Å². The molecule has 0 fully saturated rings. The van der Waals surface area contributed by atoms with Gasteiger partial charge in [0.25, 0.3) is 0 Å². The number of nitrogens with zero attached hydrogens (tertiary/aromatic N) is 1. The van der Waals surface area contributed by atoms with Crippen molar-refractivity contribution in [3.63, 3.8) is 0 Å². The molecule has 0 bridgehead atoms. The highest BCUT2D eigenvalue weighted by atomic mass is 19.1. The molecule has 0 saturated heterocycles. The van der Waals surface area contributed by atoms with Crippen LogP contribution in [0.15, 0.2) is 42.7 Å². The predicted molar refractivity (Wildman–Crippen MR) is 75.4 cm³/mol. The molecule has 1 atom stereocenters. The first-order valence-corrected chi connectivity index (χ1v) is 6.31. The zero-order valence-electron chi connectivity index (χ0n) is 11.4. The Morgan fingerprint density at radius 1 is 1.48 bits per heavy atom. The Hall–Kier alpha value is -2.47. The van der Waals surface area contributed by atoms with Crippen LogP contribution in [0.4, 0.5) is 10.1 Å². The van der Waals surface area contributed by atoms with E-state index in [4.69, 9.17) is 4.74 Å². The second-order valence-corrected chi connectivity index (χ2v) is 4.40. The van der Waals surface area contributed by atoms with Gasteiger partial charge >= 0.3 is 0 Å². The van der Waals surface area contributed by atoms with Crippen molar-refractivity contribution in [1.29, 1.82) is 0 Å². The summed E-state index contributed by atoms with van der Waals surface area (Å²) in [5.41, 5.74) is 0.764. The second kappa shape index (κ2) is 6.81. The van der Waals surface area contributed by atoms with E-state index in [-0.39, 0.29) is 6.42 Å². The van der Waals surface area contributed by atoms with Crippen LogP contribution in [-0.4, -0.2) is 23.1 Å². The van der Waals surface area contributed by atoms with Crippen LogP contribution in [-0.2, 0) is 4.79 Å². The topological polar surface area (TPSA) is 71.5 Å². The van der Waals surface area contributed by atoms with Gasteiger partial charge in [-0.15, -0.1) is 0 Å². The summed E-state index contributed by atoms with van der Waals surface area (Å²) in [5, 5.41) is 12.5. The van der Waals surface area contributed by atoms with Gasteiger partial charge in [0.15, 0.2) is 0 Å². The van der Waals surface area contributed by atoms with Gasteiger partial charge in [-0.25, -0.2) is 4.39 Å². The average Bonchev–Trinajstić information content (AvgIpc) is 2.47. The SMILES string of the molecule is COc1ccncc1NC(=O)CC(O)c1cccc(F)c1. The molecule has 2 aromatic rings. The summed E-state index contributed by atoms with van der Waals surface area (Å²) in [7, 11) is 1.48. The van der Waals surface area contributed by atoms with Gasteiger partial charge in [-0.2, -0.15) is 0 Å². The van der Waals surface area contributed by atoms with Crippen LogP contribution in [0.25, 0.3) is 0 Å². The summed E-state index contributed by atoms with van der Waals surface area (Å²) >= 11 is 0. The number of aliphatic hydroxyl groups is 1. The monoisotopic (exact) mass is 290 g/mol. The van der Waals surface area contributed by atoms with E-state index in [1.165, 1.54) is 37.7 Å². The lowest BCUT2D eigenvalue weighted by Gasteiger charge is -2.12. The van der Waals surface area contributed by atoms with E-state index in [1.807, 2.05) is 0 Å². The molecule has 5 nitrogen and oxygen atoms in total. The number of aliphatic hydroxyl groups excluding tert-OH is 1. The number of benzene rings is 1. The molecular weight excluding hydrogens is 275 g/mol. The maximum atomic E-state index is 13.1. The minimum atomic E-state index is -1.08. The molecule has 21 heavy (non-hydrogen) atoms. The molecule has 0 aliphatic rings. The molecule has 0 aliphatic heterocycles. The molecule has 1 unspecified atom stereocenters. The van der Waals surface area contributed by atoms with E-state index < -0.39 is 17.8 Å². The molecule has 2 rings (SSSR count). The standard InChI is InChI=1S/C15H15FN2O3/c1-21-14-5-6-17-9-12(14)18-15(20)8-13(19)10-3-2-4-11(16)7-10/h2-7,9,13,19H,8H2,1H3,(H,18,20). The van der Waals surface area contributed by atoms with E-state index in [0.29, 0.717) is 17.0 Å². The molecule has 1 aromatic carbocycles. The molecule has 1 aromatic heterocycles. The zero-order chi connectivity index (χ0) is 15.2. The second-order valence-electron chi connectivity index (χ2n) is 4.40. The number of nitrogens with one attached hydrogen (secondary N) is 1. The number of rotatable bonds is 5. The van der Waals surface area contributed by atoms with E-state index in [2.05, 4.69) is 10.3 Å². The smallest absolute Gasteiger partial charge is 0.227 e. The maximum absolute atomic E-state index is 13.1. The van der Waals surface area contributed by atoms with Crippen molar-refractivity contribution < 1.29 is 19.0 Å². The van der Waals surface area contributed by atoms with Gasteiger partial charge in [-0.1, -0.05) is 12.1 Å². The molecule has 0 saturated carbocycles. The van der Waals surface area contributed by atoms with E-state index >= 15 is 0 Å². The van der Waals surface area contributed by atoms with Crippen LogP contribution in [0.5, 0.6) is 5.75 Å². The summed E-state index contributed by atoms with van der Waals surface area (Å²) in [6.45, 7) is 0. The lowest BCUT2D eigenvalue weighted by atomic mass is 10.1. The highest BCUT2D eigenvalue weighted by Crippen LogP contribution is 2.23. The van der Waals surface area contributed by atoms with Gasteiger partial charge in [0, 0.05) is 12.3 Å². The third-order valence-corrected chi connectivity index (χ3v) is 2.89. The molecule has 2 N–H and O–H groups in total. The van der Waals surface area contributed by atoms with Crippen molar-refractivity contribution in [3.8, 4) is 5.75 Å². The molecule has 110 valence electrons. The molecule has 1 heterocycles. The van der Waals surface area contributed by atoms with Gasteiger partial charge in [-0.05, 0) is 17.7 Å². The van der Waals surface area contributed by atoms with Gasteiger partial charge in [-0.3, -0.25) is 9.78 Å². The van der Waals surface area contributed by atoms with Gasteiger partial charge < -0.3 is 15.2 Å². The van der Waals surface area contributed by atoms with Gasteiger partial charge in [0.1, 0.15) is 17.3 Å². The molecule has 6 heteroatoms. The van der Waals surface area contributed by atoms with Crippen molar-refractivity contribution in [2.45, 2.75) is 12.5 Å². The minimum absolute atomic E-state index is 0.193. The third-order valence-electron chi connectivity index (χ3n) is 2.89. The zero-order valence-corrected chi connectivity index (χ0v) is 11.4. The first-order valence-electron chi connectivity index (χ1n) is 6.31. The van der Waals surface area contributed by atoms with Crippen LogP contribution < -0.4 is 10.1 Å². The Labute approximate surface area is 121 Å². The summed E-state index contributed by atoms with van der Waals surface area (Å²) < 4.78 is 18.2. The third kappa shape index (κ3) is 4.00. The normalized spacial score (nSPS) is 11.8. The number of hydrogen-bond donors (Lipinski definition) is 2. The van der Waals surface area contributed by atoms with E-state index in [9.17, 15) is 14.3 Å². The maximum Gasteiger partial charge on any atom is 0.227 e. The summed E-state index contributed by atoms with van der Waals surface area (Å²) in [5.74, 6) is -0.405. The van der Waals surface area contributed by atoms with Crippen molar-refractivity contribution in [2.24, 2.45) is 0 Å². The first-order chi connectivity index (χ1) is 10.1. The Bertz CT molecular complexity index is 634. The molecule has 0 radical (unpaired) electrons. The van der Waals surface area contributed by atoms with Crippen LogP contribution in [0, 0.1) is 5.82 Å². The van der Waals surface area contributed by atoms with Crippen molar-refractivity contribution in [1.82, 2.24) is 4.98 Å². The van der Waals surface area contributed by atoms with Crippen LogP contribution >= 0.6 is 0 Å². The summed E-state index contributed by atoms with van der Waals surface area (Å²) in [6, 6.07) is 7.12. The quantitative estimate of drug-likeness (QED) is 0.886. The Balaban J connectivity index is 2.01. The number of halogens is 1. The Morgan fingerprint density at radius 2 is 2.29 bits per heavy atom. The molecular formula is C15H15FN2O3. The number of anilines is 1. The van der Waals surface area contributed by atoms with Gasteiger partial charge in [0.05, 0.1) is 25.8 Å². The number of methoxy groups -OCH3 is 1. The first kappa shape index (κ1) is 14.9. The average molecular weight is 290 g/mol. The van der Waals surface area contributed by atoms with Crippen LogP contribution in [0.2, 0.25) is 0 Å². The number of carbonyl (C=O) groups excluding carboxylic acids is 1. The predicted octanol–water partition coefficient (Wildman–Crippen LogP) is 2.29. The van der Waals surface area contributed by atoms with Crippen LogP contribution in [0.3, 0.4) is 0 Å². The lowest BCUT2D eigenvalue weighted by molar-refractivity contribution is -0.118. The Kier molecular flexibility index (Phi) is 4.84. The summed E-state index contributed by atoms with van der Waals surface area (Å²) in [4.78, 5) is 15.8. The fraction of sp³-hybridized carbons (Fsp3) is 0.200. The van der Waals surface area contributed by atoms with Gasteiger partial charge in [0.2, 0.25) is 5.91 Å². The number of aromatic nitrogens is 1. The minimum Gasteiger partial charge on any atom is -0.494 e. The van der Waals surface area contributed by atoms with Crippen molar-refractivity contribution in [2.75, 3.05) is 12.4 Å². The number of pyridine rings is 1. The molecule has 0 spiro atoms. The summed E-state index contributed by atoms with van der Waals surface area (Å²) in [6.07, 6.45) is 1.71. The lowest BCUT2D eigenvalue weighted by Crippen LogP contribution is -2.16. The molecule has 0 aliphatic carbocycles. The fourth-order valence-electron chi connectivity index (χ4n) is 1.86. The Morgan fingerprint density at radius 3 is 3.00 bits per heavy atom. The highest BCUT2D eigenvalue weighted by molar-refractivity contribution is 5.92. The highest BCUT2D eigenvalue weighted by Gasteiger charge is 2.15. The number of amides is 1. The fourth-order valence-corrected chi connectivity index (χ4v) is 1.86. The molecule has 1 amide bonds. The van der Waals surface area contributed by atoms with E-state index in [0.717, 1.165) is 0 Å². The van der Waals surface area contributed by atoms with E-state index in [1.54, 1.807) is 12.1 Å². The van der Waals surface area contributed by atoms with Crippen molar-refractivity contribution >= 4 is 11.6 Å². The number of ether oxygens (including phenoxy) is 1.